The summed E-state index contributed by atoms with van der Waals surface area (Å²) >= 11 is 2.65. The second-order valence-electron chi connectivity index (χ2n) is 5.18. The van der Waals surface area contributed by atoms with Gasteiger partial charge in [-0.2, -0.15) is 11.3 Å². The highest BCUT2D eigenvalue weighted by atomic mass is 32.2. The minimum atomic E-state index is -3.80. The van der Waals surface area contributed by atoms with Crippen LogP contribution in [0.5, 0.6) is 0 Å². The lowest BCUT2D eigenvalue weighted by atomic mass is 10.2. The zero-order chi connectivity index (χ0) is 18.7. The number of ketones is 1. The molecule has 10 heteroatoms. The Balaban J connectivity index is 1.68. The van der Waals surface area contributed by atoms with Crippen LogP contribution >= 0.6 is 22.7 Å². The monoisotopic (exact) mass is 408 g/mol. The van der Waals surface area contributed by atoms with Crippen LogP contribution in [0.4, 0.5) is 5.69 Å². The number of benzene rings is 1. The predicted molar refractivity (Wildman–Crippen MR) is 99.2 cm³/mol. The van der Waals surface area contributed by atoms with Gasteiger partial charge in [0.05, 0.1) is 14.7 Å². The van der Waals surface area contributed by atoms with E-state index >= 15 is 0 Å². The van der Waals surface area contributed by atoms with E-state index < -0.39 is 14.9 Å². The number of thiophene rings is 2. The molecule has 2 heterocycles. The van der Waals surface area contributed by atoms with Crippen molar-refractivity contribution in [1.29, 1.82) is 0 Å². The Morgan fingerprint density at radius 3 is 2.46 bits per heavy atom. The maximum Gasteiger partial charge on any atom is 0.269 e. The van der Waals surface area contributed by atoms with E-state index in [9.17, 15) is 23.3 Å². The second kappa shape index (κ2) is 7.46. The van der Waals surface area contributed by atoms with Gasteiger partial charge in [-0.1, -0.05) is 0 Å². The average Bonchev–Trinajstić information content (AvgIpc) is 3.31. The Hall–Kier alpha value is -2.40. The van der Waals surface area contributed by atoms with Gasteiger partial charge in [0.2, 0.25) is 15.8 Å². The van der Waals surface area contributed by atoms with Gasteiger partial charge in [-0.25, -0.2) is 13.1 Å². The summed E-state index contributed by atoms with van der Waals surface area (Å²) in [5.74, 6) is -0.0965. The van der Waals surface area contributed by atoms with E-state index in [1.54, 1.807) is 23.6 Å². The lowest BCUT2D eigenvalue weighted by Crippen LogP contribution is -2.22. The smallest absolute Gasteiger partial charge is 0.269 e. The minimum Gasteiger partial charge on any atom is -0.288 e. The molecule has 0 fully saturated rings. The Kier molecular flexibility index (Phi) is 5.28. The first-order valence-electron chi connectivity index (χ1n) is 7.26. The molecule has 0 spiro atoms. The van der Waals surface area contributed by atoms with Crippen molar-refractivity contribution < 1.29 is 18.1 Å². The molecule has 0 aliphatic carbocycles. The molecule has 0 amide bonds. The number of nitrogens with zero attached hydrogens (tertiary/aromatic N) is 1. The Labute approximate surface area is 157 Å². The van der Waals surface area contributed by atoms with Gasteiger partial charge in [0.25, 0.3) is 5.69 Å². The normalized spacial score (nSPS) is 11.4. The van der Waals surface area contributed by atoms with Crippen LogP contribution in [-0.4, -0.2) is 19.1 Å². The lowest BCUT2D eigenvalue weighted by Gasteiger charge is -2.05. The van der Waals surface area contributed by atoms with Gasteiger partial charge >= 0.3 is 0 Å². The third-order valence-electron chi connectivity index (χ3n) is 3.46. The number of nitrogens with one attached hydrogen (secondary N) is 1. The summed E-state index contributed by atoms with van der Waals surface area (Å²) in [6, 6.07) is 9.74. The van der Waals surface area contributed by atoms with E-state index in [1.165, 1.54) is 34.8 Å². The molecule has 0 aliphatic heterocycles. The number of rotatable bonds is 7. The lowest BCUT2D eigenvalue weighted by molar-refractivity contribution is -0.384. The summed E-state index contributed by atoms with van der Waals surface area (Å²) < 4.78 is 27.0. The van der Waals surface area contributed by atoms with Gasteiger partial charge in [-0.3, -0.25) is 14.9 Å². The van der Waals surface area contributed by atoms with Gasteiger partial charge in [0.15, 0.2) is 0 Å². The van der Waals surface area contributed by atoms with Crippen molar-refractivity contribution in [3.63, 3.8) is 0 Å². The molecule has 0 radical (unpaired) electrons. The van der Waals surface area contributed by atoms with Crippen molar-refractivity contribution in [2.24, 2.45) is 0 Å². The van der Waals surface area contributed by atoms with Gasteiger partial charge < -0.3 is 0 Å². The highest BCUT2D eigenvalue weighted by Crippen LogP contribution is 2.22. The summed E-state index contributed by atoms with van der Waals surface area (Å²) in [7, 11) is -3.80. The van der Waals surface area contributed by atoms with Crippen molar-refractivity contribution in [2.45, 2.75) is 11.4 Å². The predicted octanol–water partition coefficient (Wildman–Crippen LogP) is 3.43. The molecule has 26 heavy (non-hydrogen) atoms. The molecular weight excluding hydrogens is 396 g/mol. The largest absolute Gasteiger partial charge is 0.288 e. The van der Waals surface area contributed by atoms with Crippen LogP contribution in [0.1, 0.15) is 20.1 Å². The van der Waals surface area contributed by atoms with Crippen LogP contribution in [0.2, 0.25) is 0 Å². The first-order chi connectivity index (χ1) is 12.4. The second-order valence-corrected chi connectivity index (χ2v) is 8.90. The highest BCUT2D eigenvalue weighted by molar-refractivity contribution is 7.89. The first-order valence-corrected chi connectivity index (χ1v) is 10.5. The number of nitro benzene ring substituents is 1. The Bertz CT molecular complexity index is 1040. The van der Waals surface area contributed by atoms with Gasteiger partial charge in [-0.05, 0) is 35.7 Å². The van der Waals surface area contributed by atoms with Gasteiger partial charge in [0.1, 0.15) is 0 Å². The zero-order valence-electron chi connectivity index (χ0n) is 13.1. The standard InChI is InChI=1S/C16H12N2O5S3/c19-16(11-7-8-24-10-11)15-6-3-13(25-15)9-17-26(22,23)14-4-1-12(2-5-14)18(20)21/h1-8,10,17H,9H2. The Morgan fingerprint density at radius 2 is 1.85 bits per heavy atom. The Morgan fingerprint density at radius 1 is 1.12 bits per heavy atom. The summed E-state index contributed by atoms with van der Waals surface area (Å²) in [5.41, 5.74) is 0.425. The fraction of sp³-hybridized carbons (Fsp3) is 0.0625. The molecule has 3 rings (SSSR count). The van der Waals surface area contributed by atoms with Crippen LogP contribution in [0, 0.1) is 10.1 Å². The van der Waals surface area contributed by atoms with Crippen molar-refractivity contribution >= 4 is 44.2 Å². The highest BCUT2D eigenvalue weighted by Gasteiger charge is 2.17. The van der Waals surface area contributed by atoms with E-state index in [-0.39, 0.29) is 22.9 Å². The fourth-order valence-electron chi connectivity index (χ4n) is 2.13. The molecule has 3 aromatic rings. The number of sulfonamides is 1. The maximum absolute atomic E-state index is 12.3. The first kappa shape index (κ1) is 18.4. The molecule has 0 saturated heterocycles. The van der Waals surface area contributed by atoms with Crippen molar-refractivity contribution in [3.05, 3.63) is 78.7 Å². The molecular formula is C16H12N2O5S3. The van der Waals surface area contributed by atoms with Crippen LogP contribution < -0.4 is 4.72 Å². The molecule has 0 unspecified atom stereocenters. The SMILES string of the molecule is O=C(c1ccsc1)c1ccc(CNS(=O)(=O)c2ccc([N+](=O)[O-])cc2)s1. The van der Waals surface area contributed by atoms with Crippen molar-refractivity contribution in [1.82, 2.24) is 4.72 Å². The van der Waals surface area contributed by atoms with Gasteiger partial charge in [0, 0.05) is 34.5 Å². The number of hydrogen-bond acceptors (Lipinski definition) is 7. The molecule has 1 aromatic carbocycles. The molecule has 7 nitrogen and oxygen atoms in total. The molecule has 1 N–H and O–H groups in total. The van der Waals surface area contributed by atoms with Crippen LogP contribution in [0.3, 0.4) is 0 Å². The number of hydrogen-bond donors (Lipinski definition) is 1. The molecule has 0 bridgehead atoms. The van der Waals surface area contributed by atoms with E-state index in [2.05, 4.69) is 4.72 Å². The summed E-state index contributed by atoms with van der Waals surface area (Å²) in [5, 5.41) is 14.2. The van der Waals surface area contributed by atoms with Crippen LogP contribution in [0.15, 0.2) is 58.1 Å². The topological polar surface area (TPSA) is 106 Å². The number of non-ortho nitro benzene ring substituents is 1. The quantitative estimate of drug-likeness (QED) is 0.366. The van der Waals surface area contributed by atoms with Crippen molar-refractivity contribution in [2.75, 3.05) is 0 Å². The molecule has 0 atom stereocenters. The maximum atomic E-state index is 12.3. The van der Waals surface area contributed by atoms with E-state index in [1.807, 2.05) is 5.38 Å². The third-order valence-corrected chi connectivity index (χ3v) is 6.65. The van der Waals surface area contributed by atoms with Crippen molar-refractivity contribution in [3.8, 4) is 0 Å². The summed E-state index contributed by atoms with van der Waals surface area (Å²) in [6.45, 7) is 0.0287. The minimum absolute atomic E-state index is 0.0287. The number of carbonyl (C=O) groups is 1. The van der Waals surface area contributed by atoms with E-state index in [0.717, 1.165) is 12.1 Å². The average molecular weight is 408 g/mol. The van der Waals surface area contributed by atoms with Crippen LogP contribution in [-0.2, 0) is 16.6 Å². The summed E-state index contributed by atoms with van der Waals surface area (Å²) in [4.78, 5) is 23.5. The summed E-state index contributed by atoms with van der Waals surface area (Å²) in [6.07, 6.45) is 0. The fourth-order valence-corrected chi connectivity index (χ4v) is 4.77. The number of carbonyl (C=O) groups excluding carboxylic acids is 1. The molecule has 0 saturated carbocycles. The number of nitro groups is 1. The van der Waals surface area contributed by atoms with Gasteiger partial charge in [-0.15, -0.1) is 11.3 Å². The molecule has 2 aromatic heterocycles. The molecule has 0 aliphatic rings. The third kappa shape index (κ3) is 4.05. The van der Waals surface area contributed by atoms with E-state index in [4.69, 9.17) is 0 Å². The zero-order valence-corrected chi connectivity index (χ0v) is 15.6. The van der Waals surface area contributed by atoms with Crippen LogP contribution in [0.25, 0.3) is 0 Å². The van der Waals surface area contributed by atoms with E-state index in [0.29, 0.717) is 15.3 Å². The molecule has 134 valence electrons.